The third-order valence-electron chi connectivity index (χ3n) is 2.10. The maximum atomic E-state index is 9.41. The van der Waals surface area contributed by atoms with Crippen LogP contribution in [0.2, 0.25) is 0 Å². The van der Waals surface area contributed by atoms with E-state index in [4.69, 9.17) is 0 Å². The minimum Gasteiger partial charge on any atom is -0.506 e. The smallest absolute Gasteiger partial charge is 0.140 e. The van der Waals surface area contributed by atoms with E-state index in [0.29, 0.717) is 5.75 Å². The van der Waals surface area contributed by atoms with Crippen LogP contribution in [-0.2, 0) is 7.05 Å². The van der Waals surface area contributed by atoms with E-state index in [2.05, 4.69) is 12.2 Å². The number of aromatic hydroxyl groups is 1. The zero-order valence-electron chi connectivity index (χ0n) is 6.54. The number of hydrogen-bond acceptors (Lipinski definition) is 1. The van der Waals surface area contributed by atoms with E-state index >= 15 is 0 Å². The molecule has 0 aliphatic heterocycles. The van der Waals surface area contributed by atoms with Crippen molar-refractivity contribution >= 4 is 12.2 Å². The van der Waals surface area contributed by atoms with Gasteiger partial charge >= 0.3 is 0 Å². The minimum absolute atomic E-state index is 0.401. The van der Waals surface area contributed by atoms with Gasteiger partial charge in [-0.05, 0) is 12.8 Å². The molecule has 0 bridgehead atoms. The molecule has 1 aliphatic rings. The van der Waals surface area contributed by atoms with Crippen molar-refractivity contribution in [2.24, 2.45) is 7.05 Å². The van der Waals surface area contributed by atoms with Gasteiger partial charge in [0, 0.05) is 23.8 Å². The fraction of sp³-hybridized carbons (Fsp3) is 0.333. The first kappa shape index (κ1) is 6.53. The molecule has 2 nitrogen and oxygen atoms in total. The van der Waals surface area contributed by atoms with E-state index < -0.39 is 0 Å². The fourth-order valence-corrected chi connectivity index (χ4v) is 1.55. The second-order valence-electron chi connectivity index (χ2n) is 2.91. The lowest BCUT2D eigenvalue weighted by molar-refractivity contribution is 0.470. The van der Waals surface area contributed by atoms with Crippen LogP contribution >= 0.6 is 0 Å². The number of rotatable bonds is 0. The van der Waals surface area contributed by atoms with Crippen LogP contribution < -0.4 is 10.6 Å². The maximum Gasteiger partial charge on any atom is 0.140 e. The van der Waals surface area contributed by atoms with Crippen LogP contribution in [0.5, 0.6) is 5.75 Å². The minimum atomic E-state index is 0.401. The van der Waals surface area contributed by atoms with E-state index in [0.717, 1.165) is 23.4 Å². The first-order valence-electron chi connectivity index (χ1n) is 3.84. The Morgan fingerprint density at radius 3 is 2.82 bits per heavy atom. The molecule has 1 heterocycles. The SMILES string of the molecule is Cn1cc(O)c2c1=CCCC=2. The van der Waals surface area contributed by atoms with Crippen molar-refractivity contribution in [2.45, 2.75) is 12.8 Å². The first-order valence-corrected chi connectivity index (χ1v) is 3.84. The molecule has 1 N–H and O–H groups in total. The maximum absolute atomic E-state index is 9.41. The molecule has 0 fully saturated rings. The molecule has 0 spiro atoms. The molecule has 0 saturated heterocycles. The summed E-state index contributed by atoms with van der Waals surface area (Å²) in [7, 11) is 1.95. The summed E-state index contributed by atoms with van der Waals surface area (Å²) in [4.78, 5) is 0. The lowest BCUT2D eigenvalue weighted by Gasteiger charge is -1.95. The van der Waals surface area contributed by atoms with Crippen LogP contribution in [0.25, 0.3) is 12.2 Å². The topological polar surface area (TPSA) is 25.2 Å². The Kier molecular flexibility index (Phi) is 1.28. The highest BCUT2D eigenvalue weighted by atomic mass is 16.3. The van der Waals surface area contributed by atoms with Gasteiger partial charge in [0.05, 0.1) is 0 Å². The standard InChI is InChI=1S/C9H11NO/c1-10-6-9(11)7-4-2-3-5-8(7)10/h4-6,11H,2-3H2,1H3. The summed E-state index contributed by atoms with van der Waals surface area (Å²) >= 11 is 0. The van der Waals surface area contributed by atoms with E-state index in [1.807, 2.05) is 11.6 Å². The van der Waals surface area contributed by atoms with E-state index in [9.17, 15) is 5.11 Å². The van der Waals surface area contributed by atoms with Crippen molar-refractivity contribution < 1.29 is 5.11 Å². The summed E-state index contributed by atoms with van der Waals surface area (Å²) in [5.41, 5.74) is 0. The molecule has 2 heteroatoms. The van der Waals surface area contributed by atoms with Gasteiger partial charge in [0.1, 0.15) is 5.75 Å². The zero-order chi connectivity index (χ0) is 7.84. The molecular weight excluding hydrogens is 138 g/mol. The molecule has 2 rings (SSSR count). The highest BCUT2D eigenvalue weighted by Crippen LogP contribution is 2.01. The van der Waals surface area contributed by atoms with Crippen LogP contribution in [0.1, 0.15) is 12.8 Å². The number of aryl methyl sites for hydroxylation is 1. The van der Waals surface area contributed by atoms with Gasteiger partial charge in [0.2, 0.25) is 0 Å². The molecule has 0 amide bonds. The summed E-state index contributed by atoms with van der Waals surface area (Å²) < 4.78 is 1.96. The van der Waals surface area contributed by atoms with Crippen LogP contribution in [0.15, 0.2) is 6.20 Å². The summed E-state index contributed by atoms with van der Waals surface area (Å²) in [6.07, 6.45) is 8.14. The van der Waals surface area contributed by atoms with Crippen molar-refractivity contribution in [1.29, 1.82) is 0 Å². The summed E-state index contributed by atoms with van der Waals surface area (Å²) in [6, 6.07) is 0. The quantitative estimate of drug-likeness (QED) is 0.555. The van der Waals surface area contributed by atoms with Crippen molar-refractivity contribution in [3.8, 4) is 5.75 Å². The average molecular weight is 149 g/mol. The second-order valence-corrected chi connectivity index (χ2v) is 2.91. The Labute approximate surface area is 65.1 Å². The Morgan fingerprint density at radius 1 is 1.36 bits per heavy atom. The Hall–Kier alpha value is -1.18. The van der Waals surface area contributed by atoms with Gasteiger partial charge in [-0.15, -0.1) is 0 Å². The normalized spacial score (nSPS) is 15.0. The van der Waals surface area contributed by atoms with Gasteiger partial charge in [0.15, 0.2) is 0 Å². The van der Waals surface area contributed by atoms with Crippen molar-refractivity contribution in [3.63, 3.8) is 0 Å². The average Bonchev–Trinajstić information content (AvgIpc) is 2.30. The van der Waals surface area contributed by atoms with Gasteiger partial charge in [-0.25, -0.2) is 0 Å². The Bertz CT molecular complexity index is 350. The third-order valence-corrected chi connectivity index (χ3v) is 2.10. The van der Waals surface area contributed by atoms with Gasteiger partial charge < -0.3 is 9.67 Å². The highest BCUT2D eigenvalue weighted by molar-refractivity contribution is 5.41. The largest absolute Gasteiger partial charge is 0.506 e. The van der Waals surface area contributed by atoms with Gasteiger partial charge in [-0.1, -0.05) is 12.2 Å². The second kappa shape index (κ2) is 2.16. The Morgan fingerprint density at radius 2 is 2.09 bits per heavy atom. The number of nitrogens with zero attached hydrogens (tertiary/aromatic N) is 1. The van der Waals surface area contributed by atoms with Crippen LogP contribution in [0, 0.1) is 0 Å². The summed E-state index contributed by atoms with van der Waals surface area (Å²) in [5.74, 6) is 0.401. The molecule has 11 heavy (non-hydrogen) atoms. The van der Waals surface area contributed by atoms with Crippen molar-refractivity contribution in [1.82, 2.24) is 4.57 Å². The van der Waals surface area contributed by atoms with Gasteiger partial charge in [-0.2, -0.15) is 0 Å². The zero-order valence-corrected chi connectivity index (χ0v) is 6.54. The van der Waals surface area contributed by atoms with Crippen molar-refractivity contribution in [3.05, 3.63) is 16.8 Å². The van der Waals surface area contributed by atoms with E-state index in [1.165, 1.54) is 0 Å². The number of hydrogen-bond donors (Lipinski definition) is 1. The third kappa shape index (κ3) is 0.862. The molecular formula is C9H11NO. The lowest BCUT2D eigenvalue weighted by atomic mass is 10.2. The predicted octanol–water partition coefficient (Wildman–Crippen LogP) is 0.0855. The molecule has 1 aliphatic carbocycles. The molecule has 0 unspecified atom stereocenters. The van der Waals surface area contributed by atoms with Crippen molar-refractivity contribution in [2.75, 3.05) is 0 Å². The summed E-state index contributed by atoms with van der Waals surface area (Å²) in [6.45, 7) is 0. The first-order chi connectivity index (χ1) is 5.29. The lowest BCUT2D eigenvalue weighted by Crippen LogP contribution is -2.29. The van der Waals surface area contributed by atoms with E-state index in [1.54, 1.807) is 6.20 Å². The highest BCUT2D eigenvalue weighted by Gasteiger charge is 2.01. The van der Waals surface area contributed by atoms with Crippen LogP contribution in [0.4, 0.5) is 0 Å². The number of fused-ring (bicyclic) bond motifs is 1. The Balaban J connectivity index is 2.92. The van der Waals surface area contributed by atoms with Crippen LogP contribution in [-0.4, -0.2) is 9.67 Å². The molecule has 1 aromatic rings. The van der Waals surface area contributed by atoms with E-state index in [-0.39, 0.29) is 0 Å². The molecule has 0 atom stereocenters. The monoisotopic (exact) mass is 149 g/mol. The molecule has 0 saturated carbocycles. The molecule has 0 aromatic carbocycles. The fourth-order valence-electron chi connectivity index (χ4n) is 1.55. The molecule has 58 valence electrons. The van der Waals surface area contributed by atoms with Crippen LogP contribution in [0.3, 0.4) is 0 Å². The number of aromatic nitrogens is 1. The molecule has 0 radical (unpaired) electrons. The predicted molar refractivity (Wildman–Crippen MR) is 44.5 cm³/mol. The summed E-state index contributed by atoms with van der Waals surface area (Å²) in [5, 5.41) is 11.6. The van der Waals surface area contributed by atoms with Gasteiger partial charge in [-0.3, -0.25) is 0 Å². The molecule has 1 aromatic heterocycles. The van der Waals surface area contributed by atoms with Gasteiger partial charge in [0.25, 0.3) is 0 Å².